The van der Waals surface area contributed by atoms with Gasteiger partial charge in [0.25, 0.3) is 0 Å². The van der Waals surface area contributed by atoms with Crippen molar-refractivity contribution in [2.75, 3.05) is 0 Å². The van der Waals surface area contributed by atoms with E-state index in [0.29, 0.717) is 12.1 Å². The van der Waals surface area contributed by atoms with Gasteiger partial charge in [0.2, 0.25) is 0 Å². The standard InChI is InChI=1S/C26H24N4/c1-18-5-3-4-6-24(18)25(14-26(27)22-11-12-30-19(2)13-22)21-9-7-20(8-10-21)23-15-28-17-29-16-23/h3-13,15-17,25,27H,14H2,1-2H3. The first kappa shape index (κ1) is 19.6. The lowest BCUT2D eigenvalue weighted by Crippen LogP contribution is -2.11. The second-order valence-electron chi connectivity index (χ2n) is 7.53. The second kappa shape index (κ2) is 8.78. The fraction of sp³-hybridized carbons (Fsp3) is 0.154. The molecule has 1 unspecified atom stereocenters. The molecule has 0 bridgehead atoms. The number of nitrogens with zero attached hydrogens (tertiary/aromatic N) is 3. The topological polar surface area (TPSA) is 62.5 Å². The summed E-state index contributed by atoms with van der Waals surface area (Å²) in [5.41, 5.74) is 8.25. The van der Waals surface area contributed by atoms with E-state index in [-0.39, 0.29) is 5.92 Å². The third kappa shape index (κ3) is 4.33. The molecular weight excluding hydrogens is 368 g/mol. The van der Waals surface area contributed by atoms with Gasteiger partial charge in [0.05, 0.1) is 0 Å². The predicted octanol–water partition coefficient (Wildman–Crippen LogP) is 5.75. The van der Waals surface area contributed by atoms with Gasteiger partial charge in [0.15, 0.2) is 0 Å². The highest BCUT2D eigenvalue weighted by atomic mass is 14.8. The van der Waals surface area contributed by atoms with E-state index in [1.807, 2.05) is 31.5 Å². The molecule has 4 rings (SSSR count). The zero-order valence-electron chi connectivity index (χ0n) is 17.2. The lowest BCUT2D eigenvalue weighted by Gasteiger charge is -2.21. The minimum absolute atomic E-state index is 0.105. The molecule has 4 nitrogen and oxygen atoms in total. The molecule has 1 N–H and O–H groups in total. The van der Waals surface area contributed by atoms with E-state index in [1.54, 1.807) is 12.5 Å². The van der Waals surface area contributed by atoms with Crippen molar-refractivity contribution in [1.82, 2.24) is 15.0 Å². The molecule has 4 heteroatoms. The summed E-state index contributed by atoms with van der Waals surface area (Å²) in [6, 6.07) is 20.9. The Kier molecular flexibility index (Phi) is 5.75. The average molecular weight is 393 g/mol. The molecule has 0 saturated carbocycles. The Balaban J connectivity index is 1.69. The normalized spacial score (nSPS) is 11.8. The van der Waals surface area contributed by atoms with Gasteiger partial charge in [0, 0.05) is 47.9 Å². The minimum Gasteiger partial charge on any atom is -0.305 e. The maximum atomic E-state index is 8.76. The number of hydrogen-bond donors (Lipinski definition) is 1. The van der Waals surface area contributed by atoms with Gasteiger partial charge in [-0.25, -0.2) is 9.97 Å². The summed E-state index contributed by atoms with van der Waals surface area (Å²) in [4.78, 5) is 12.5. The fourth-order valence-corrected chi connectivity index (χ4v) is 3.80. The van der Waals surface area contributed by atoms with E-state index in [0.717, 1.165) is 22.4 Å². The Hall–Kier alpha value is -3.66. The van der Waals surface area contributed by atoms with E-state index in [1.165, 1.54) is 16.7 Å². The number of nitrogens with one attached hydrogen (secondary N) is 1. The fourth-order valence-electron chi connectivity index (χ4n) is 3.80. The Labute approximate surface area is 177 Å². The summed E-state index contributed by atoms with van der Waals surface area (Å²) in [5, 5.41) is 8.76. The van der Waals surface area contributed by atoms with Crippen LogP contribution in [0.2, 0.25) is 0 Å². The number of aromatic nitrogens is 3. The van der Waals surface area contributed by atoms with Gasteiger partial charge in [-0.3, -0.25) is 4.98 Å². The summed E-state index contributed by atoms with van der Waals surface area (Å²) in [7, 11) is 0. The first-order chi connectivity index (χ1) is 14.6. The third-order valence-electron chi connectivity index (χ3n) is 5.42. The average Bonchev–Trinajstić information content (AvgIpc) is 2.79. The largest absolute Gasteiger partial charge is 0.305 e. The van der Waals surface area contributed by atoms with Crippen LogP contribution in [0, 0.1) is 19.3 Å². The quantitative estimate of drug-likeness (QED) is 0.425. The van der Waals surface area contributed by atoms with E-state index >= 15 is 0 Å². The maximum Gasteiger partial charge on any atom is 0.115 e. The molecule has 0 aliphatic carbocycles. The van der Waals surface area contributed by atoms with Crippen molar-refractivity contribution in [3.63, 3.8) is 0 Å². The number of benzene rings is 2. The monoisotopic (exact) mass is 392 g/mol. The molecule has 0 fully saturated rings. The lowest BCUT2D eigenvalue weighted by molar-refractivity contribution is 0.843. The predicted molar refractivity (Wildman–Crippen MR) is 121 cm³/mol. The zero-order chi connectivity index (χ0) is 20.9. The van der Waals surface area contributed by atoms with Crippen molar-refractivity contribution in [1.29, 1.82) is 5.41 Å². The maximum absolute atomic E-state index is 8.76. The molecule has 0 aliphatic heterocycles. The van der Waals surface area contributed by atoms with Crippen LogP contribution in [0.25, 0.3) is 11.1 Å². The number of pyridine rings is 1. The molecule has 2 aromatic heterocycles. The summed E-state index contributed by atoms with van der Waals surface area (Å²) in [6.07, 6.45) is 7.59. The first-order valence-electron chi connectivity index (χ1n) is 10.0. The summed E-state index contributed by atoms with van der Waals surface area (Å²) in [5.74, 6) is 0.105. The van der Waals surface area contributed by atoms with Crippen molar-refractivity contribution in [3.8, 4) is 11.1 Å². The van der Waals surface area contributed by atoms with Gasteiger partial charge in [-0.05, 0) is 53.8 Å². The molecular formula is C26H24N4. The van der Waals surface area contributed by atoms with Gasteiger partial charge < -0.3 is 5.41 Å². The summed E-state index contributed by atoms with van der Waals surface area (Å²) < 4.78 is 0. The second-order valence-corrected chi connectivity index (χ2v) is 7.53. The third-order valence-corrected chi connectivity index (χ3v) is 5.42. The van der Waals surface area contributed by atoms with Gasteiger partial charge in [-0.1, -0.05) is 48.5 Å². The molecule has 0 saturated heterocycles. The van der Waals surface area contributed by atoms with Gasteiger partial charge in [0.1, 0.15) is 6.33 Å². The van der Waals surface area contributed by atoms with Crippen LogP contribution in [-0.4, -0.2) is 20.7 Å². The van der Waals surface area contributed by atoms with Crippen molar-refractivity contribution in [3.05, 3.63) is 114 Å². The molecule has 0 amide bonds. The number of rotatable bonds is 6. The van der Waals surface area contributed by atoms with Crippen molar-refractivity contribution >= 4 is 5.71 Å². The summed E-state index contributed by atoms with van der Waals surface area (Å²) in [6.45, 7) is 4.10. The molecule has 2 heterocycles. The van der Waals surface area contributed by atoms with Crippen LogP contribution < -0.4 is 0 Å². The highest BCUT2D eigenvalue weighted by Gasteiger charge is 2.19. The van der Waals surface area contributed by atoms with Crippen molar-refractivity contribution in [2.45, 2.75) is 26.2 Å². The van der Waals surface area contributed by atoms with E-state index in [9.17, 15) is 0 Å². The highest BCUT2D eigenvalue weighted by molar-refractivity contribution is 5.99. The van der Waals surface area contributed by atoms with Gasteiger partial charge in [-0.15, -0.1) is 0 Å². The SMILES string of the molecule is Cc1cc(C(=N)CC(c2ccc(-c3cncnc3)cc2)c2ccccc2C)ccn1. The van der Waals surface area contributed by atoms with Gasteiger partial charge >= 0.3 is 0 Å². The molecule has 2 aromatic carbocycles. The van der Waals surface area contributed by atoms with E-state index in [4.69, 9.17) is 5.41 Å². The van der Waals surface area contributed by atoms with Crippen LogP contribution in [-0.2, 0) is 0 Å². The van der Waals surface area contributed by atoms with Crippen LogP contribution in [0.4, 0.5) is 0 Å². The Bertz CT molecular complexity index is 1150. The zero-order valence-corrected chi connectivity index (χ0v) is 17.2. The van der Waals surface area contributed by atoms with Crippen molar-refractivity contribution < 1.29 is 0 Å². The van der Waals surface area contributed by atoms with Crippen LogP contribution in [0.15, 0.2) is 85.6 Å². The Morgan fingerprint density at radius 1 is 0.900 bits per heavy atom. The van der Waals surface area contributed by atoms with Crippen LogP contribution in [0.1, 0.15) is 40.3 Å². The molecule has 0 spiro atoms. The molecule has 0 aliphatic rings. The van der Waals surface area contributed by atoms with Crippen LogP contribution in [0.3, 0.4) is 0 Å². The van der Waals surface area contributed by atoms with E-state index in [2.05, 4.69) is 70.4 Å². The van der Waals surface area contributed by atoms with Crippen molar-refractivity contribution in [2.24, 2.45) is 0 Å². The Morgan fingerprint density at radius 2 is 1.63 bits per heavy atom. The lowest BCUT2D eigenvalue weighted by atomic mass is 9.83. The van der Waals surface area contributed by atoms with E-state index < -0.39 is 0 Å². The van der Waals surface area contributed by atoms with Crippen LogP contribution >= 0.6 is 0 Å². The highest BCUT2D eigenvalue weighted by Crippen LogP contribution is 2.33. The molecule has 0 radical (unpaired) electrons. The molecule has 4 aromatic rings. The smallest absolute Gasteiger partial charge is 0.115 e. The number of aryl methyl sites for hydroxylation is 2. The molecule has 1 atom stereocenters. The first-order valence-corrected chi connectivity index (χ1v) is 10.0. The summed E-state index contributed by atoms with van der Waals surface area (Å²) >= 11 is 0. The molecule has 30 heavy (non-hydrogen) atoms. The molecule has 148 valence electrons. The minimum atomic E-state index is 0.105. The van der Waals surface area contributed by atoms with Crippen LogP contribution in [0.5, 0.6) is 0 Å². The van der Waals surface area contributed by atoms with Gasteiger partial charge in [-0.2, -0.15) is 0 Å². The Morgan fingerprint density at radius 3 is 2.33 bits per heavy atom. The number of hydrogen-bond acceptors (Lipinski definition) is 4.